The Kier molecular flexibility index (Phi) is 4.20. The second-order valence-corrected chi connectivity index (χ2v) is 6.79. The van der Waals surface area contributed by atoms with Gasteiger partial charge in [-0.05, 0) is 52.4 Å². The molecule has 8 heteroatoms. The summed E-state index contributed by atoms with van der Waals surface area (Å²) < 4.78 is 31.1. The molecule has 4 aromatic rings. The average Bonchev–Trinajstić information content (AvgIpc) is 3.18. The van der Waals surface area contributed by atoms with Crippen molar-refractivity contribution in [2.75, 3.05) is 0 Å². The van der Waals surface area contributed by atoms with Crippen molar-refractivity contribution >= 4 is 33.6 Å². The molecule has 25 heavy (non-hydrogen) atoms. The Balaban J connectivity index is 1.78. The molecule has 126 valence electrons. The van der Waals surface area contributed by atoms with Crippen LogP contribution in [0.5, 0.6) is 0 Å². The quantitative estimate of drug-likeness (QED) is 0.441. The number of alkyl halides is 1. The summed E-state index contributed by atoms with van der Waals surface area (Å²) in [5, 5.41) is 0. The number of nitrogens with zero attached hydrogens (tertiary/aromatic N) is 5. The van der Waals surface area contributed by atoms with Gasteiger partial charge in [0.15, 0.2) is 6.80 Å². The van der Waals surface area contributed by atoms with E-state index in [4.69, 9.17) is 0 Å². The zero-order valence-electron chi connectivity index (χ0n) is 12.9. The molecule has 0 amide bonds. The number of benzene rings is 1. The SMILES string of the molecule is FCn1c(-c2cncc(Cn3cncc3F)c2)nc2ccc(I)cc21. The number of rotatable bonds is 4. The van der Waals surface area contributed by atoms with Gasteiger partial charge in [0.1, 0.15) is 5.82 Å². The standard InChI is InChI=1S/C17H12F2IN5/c18-9-25-15-4-13(20)1-2-14(15)23-17(25)12-3-11(5-21-6-12)8-24-10-22-7-16(24)19/h1-7,10H,8-9H2. The maximum Gasteiger partial charge on any atom is 0.213 e. The number of imidazole rings is 2. The minimum absolute atomic E-state index is 0.292. The fraction of sp³-hybridized carbons (Fsp3) is 0.118. The van der Waals surface area contributed by atoms with Gasteiger partial charge in [0.25, 0.3) is 0 Å². The smallest absolute Gasteiger partial charge is 0.213 e. The van der Waals surface area contributed by atoms with Crippen LogP contribution in [0.25, 0.3) is 22.4 Å². The third kappa shape index (κ3) is 3.01. The lowest BCUT2D eigenvalue weighted by Crippen LogP contribution is -2.02. The number of fused-ring (bicyclic) bond motifs is 1. The topological polar surface area (TPSA) is 48.5 Å². The van der Waals surface area contributed by atoms with Crippen LogP contribution in [0.4, 0.5) is 8.78 Å². The predicted molar refractivity (Wildman–Crippen MR) is 98.1 cm³/mol. The van der Waals surface area contributed by atoms with Crippen LogP contribution < -0.4 is 0 Å². The minimum Gasteiger partial charge on any atom is -0.303 e. The van der Waals surface area contributed by atoms with Gasteiger partial charge in [-0.25, -0.2) is 14.4 Å². The van der Waals surface area contributed by atoms with E-state index >= 15 is 0 Å². The lowest BCUT2D eigenvalue weighted by atomic mass is 10.2. The van der Waals surface area contributed by atoms with Gasteiger partial charge in [0, 0.05) is 21.5 Å². The third-order valence-electron chi connectivity index (χ3n) is 3.90. The van der Waals surface area contributed by atoms with Gasteiger partial charge in [-0.1, -0.05) is 0 Å². The largest absolute Gasteiger partial charge is 0.303 e. The average molecular weight is 451 g/mol. The molecule has 0 saturated heterocycles. The Hall–Kier alpha value is -2.36. The molecule has 0 aliphatic carbocycles. The van der Waals surface area contributed by atoms with Crippen molar-refractivity contribution in [3.05, 3.63) is 64.3 Å². The molecule has 0 radical (unpaired) electrons. The van der Waals surface area contributed by atoms with E-state index in [0.29, 0.717) is 17.9 Å². The molecule has 0 saturated carbocycles. The van der Waals surface area contributed by atoms with Gasteiger partial charge in [-0.2, -0.15) is 4.39 Å². The summed E-state index contributed by atoms with van der Waals surface area (Å²) in [7, 11) is 0. The molecule has 5 nitrogen and oxygen atoms in total. The Morgan fingerprint density at radius 3 is 2.72 bits per heavy atom. The highest BCUT2D eigenvalue weighted by Crippen LogP contribution is 2.26. The summed E-state index contributed by atoms with van der Waals surface area (Å²) in [5.74, 6) is 0.0796. The second-order valence-electron chi connectivity index (χ2n) is 5.54. The highest BCUT2D eigenvalue weighted by atomic mass is 127. The van der Waals surface area contributed by atoms with Gasteiger partial charge in [0.05, 0.1) is 30.1 Å². The van der Waals surface area contributed by atoms with Gasteiger partial charge in [0.2, 0.25) is 5.95 Å². The van der Waals surface area contributed by atoms with E-state index in [0.717, 1.165) is 26.4 Å². The molecule has 4 rings (SSSR count). The fourth-order valence-electron chi connectivity index (χ4n) is 2.75. The van der Waals surface area contributed by atoms with Gasteiger partial charge in [-0.15, -0.1) is 0 Å². The third-order valence-corrected chi connectivity index (χ3v) is 4.57. The summed E-state index contributed by atoms with van der Waals surface area (Å²) >= 11 is 2.18. The van der Waals surface area contributed by atoms with Crippen molar-refractivity contribution in [1.29, 1.82) is 0 Å². The van der Waals surface area contributed by atoms with Crippen molar-refractivity contribution < 1.29 is 8.78 Å². The Morgan fingerprint density at radius 1 is 1.08 bits per heavy atom. The lowest BCUT2D eigenvalue weighted by Gasteiger charge is -2.07. The molecule has 0 fully saturated rings. The maximum atomic E-state index is 13.7. The molecule has 1 aromatic carbocycles. The number of aromatic nitrogens is 5. The molecule has 0 bridgehead atoms. The molecule has 3 aromatic heterocycles. The monoisotopic (exact) mass is 451 g/mol. The van der Waals surface area contributed by atoms with E-state index in [9.17, 15) is 8.78 Å². The first-order valence-corrected chi connectivity index (χ1v) is 8.55. The van der Waals surface area contributed by atoms with E-state index in [1.54, 1.807) is 12.4 Å². The Bertz CT molecular complexity index is 1060. The summed E-state index contributed by atoms with van der Waals surface area (Å²) in [4.78, 5) is 12.5. The highest BCUT2D eigenvalue weighted by molar-refractivity contribution is 14.1. The number of halogens is 3. The number of pyridine rings is 1. The van der Waals surface area contributed by atoms with Crippen molar-refractivity contribution in [1.82, 2.24) is 24.1 Å². The van der Waals surface area contributed by atoms with E-state index in [1.807, 2.05) is 24.3 Å². The molecule has 0 aliphatic heterocycles. The van der Waals surface area contributed by atoms with Crippen molar-refractivity contribution in [2.24, 2.45) is 0 Å². The van der Waals surface area contributed by atoms with Crippen LogP contribution in [-0.2, 0) is 13.3 Å². The Morgan fingerprint density at radius 2 is 1.96 bits per heavy atom. The van der Waals surface area contributed by atoms with Crippen LogP contribution in [-0.4, -0.2) is 24.1 Å². The summed E-state index contributed by atoms with van der Waals surface area (Å²) in [6.45, 7) is -0.396. The molecule has 0 spiro atoms. The highest BCUT2D eigenvalue weighted by Gasteiger charge is 2.14. The molecule has 3 heterocycles. The van der Waals surface area contributed by atoms with Crippen molar-refractivity contribution in [3.8, 4) is 11.4 Å². The van der Waals surface area contributed by atoms with Crippen LogP contribution in [0.15, 0.2) is 49.2 Å². The summed E-state index contributed by atoms with van der Waals surface area (Å²) in [6, 6.07) is 7.53. The number of hydrogen-bond donors (Lipinski definition) is 0. The summed E-state index contributed by atoms with van der Waals surface area (Å²) in [5.41, 5.74) is 2.91. The van der Waals surface area contributed by atoms with E-state index in [1.165, 1.54) is 15.5 Å². The fourth-order valence-corrected chi connectivity index (χ4v) is 3.23. The molecular weight excluding hydrogens is 439 g/mol. The maximum absolute atomic E-state index is 13.7. The van der Waals surface area contributed by atoms with Gasteiger partial charge in [-0.3, -0.25) is 9.55 Å². The first-order chi connectivity index (χ1) is 12.2. The first-order valence-electron chi connectivity index (χ1n) is 7.47. The normalized spacial score (nSPS) is 11.3. The minimum atomic E-state index is -0.688. The zero-order valence-corrected chi connectivity index (χ0v) is 15.1. The Labute approximate surface area is 155 Å². The van der Waals surface area contributed by atoms with Crippen molar-refractivity contribution in [3.63, 3.8) is 0 Å². The molecular formula is C17H12F2IN5. The van der Waals surface area contributed by atoms with Crippen LogP contribution in [0.3, 0.4) is 0 Å². The van der Waals surface area contributed by atoms with E-state index in [2.05, 4.69) is 37.5 Å². The molecule has 0 N–H and O–H groups in total. The van der Waals surface area contributed by atoms with E-state index in [-0.39, 0.29) is 0 Å². The lowest BCUT2D eigenvalue weighted by molar-refractivity contribution is 0.387. The predicted octanol–water partition coefficient (Wildman–Crippen LogP) is 4.01. The van der Waals surface area contributed by atoms with Crippen molar-refractivity contribution in [2.45, 2.75) is 13.3 Å². The van der Waals surface area contributed by atoms with Gasteiger partial charge < -0.3 is 4.57 Å². The van der Waals surface area contributed by atoms with E-state index < -0.39 is 12.7 Å². The van der Waals surface area contributed by atoms with Crippen LogP contribution in [0.2, 0.25) is 0 Å². The molecule has 0 unspecified atom stereocenters. The molecule has 0 aliphatic rings. The molecule has 0 atom stereocenters. The van der Waals surface area contributed by atoms with Crippen LogP contribution in [0.1, 0.15) is 5.56 Å². The first kappa shape index (κ1) is 16.1. The van der Waals surface area contributed by atoms with Gasteiger partial charge >= 0.3 is 0 Å². The summed E-state index contributed by atoms with van der Waals surface area (Å²) in [6.07, 6.45) is 5.85. The van der Waals surface area contributed by atoms with Crippen LogP contribution >= 0.6 is 22.6 Å². The second kappa shape index (κ2) is 6.51. The number of hydrogen-bond acceptors (Lipinski definition) is 3. The zero-order chi connectivity index (χ0) is 17.4. The van der Waals surface area contributed by atoms with Crippen LogP contribution in [0, 0.1) is 9.52 Å².